The van der Waals surface area contributed by atoms with Crippen molar-refractivity contribution in [3.8, 4) is 0 Å². The fraction of sp³-hybridized carbons (Fsp3) is 0.650. The Kier molecular flexibility index (Phi) is 6.52. The summed E-state index contributed by atoms with van der Waals surface area (Å²) >= 11 is 1.45. The van der Waals surface area contributed by atoms with Crippen LogP contribution in [-0.2, 0) is 27.2 Å². The van der Waals surface area contributed by atoms with Gasteiger partial charge in [-0.3, -0.25) is 9.59 Å². The van der Waals surface area contributed by atoms with E-state index < -0.39 is 12.1 Å². The summed E-state index contributed by atoms with van der Waals surface area (Å²) in [5, 5.41) is 6.29. The van der Waals surface area contributed by atoms with Crippen molar-refractivity contribution in [3.63, 3.8) is 0 Å². The van der Waals surface area contributed by atoms with Gasteiger partial charge in [-0.2, -0.15) is 0 Å². The molecular formula is C20H28N2O4S. The lowest BCUT2D eigenvalue weighted by atomic mass is 9.95. The lowest BCUT2D eigenvalue weighted by Crippen LogP contribution is -2.42. The number of hydrogen-bond acceptors (Lipinski definition) is 5. The van der Waals surface area contributed by atoms with Gasteiger partial charge in [-0.25, -0.2) is 4.79 Å². The van der Waals surface area contributed by atoms with E-state index in [1.807, 2.05) is 0 Å². The molecule has 0 saturated heterocycles. The molecule has 2 amide bonds. The van der Waals surface area contributed by atoms with Gasteiger partial charge in [0.25, 0.3) is 5.91 Å². The van der Waals surface area contributed by atoms with Crippen molar-refractivity contribution in [2.24, 2.45) is 0 Å². The van der Waals surface area contributed by atoms with Gasteiger partial charge in [0, 0.05) is 17.8 Å². The number of carbonyl (C=O) groups is 3. The Morgan fingerprint density at radius 3 is 2.48 bits per heavy atom. The molecule has 1 fully saturated rings. The molecule has 1 saturated carbocycles. The number of aryl methyl sites for hydroxylation is 1. The molecule has 1 aromatic rings. The summed E-state index contributed by atoms with van der Waals surface area (Å²) in [6.07, 6.45) is 8.39. The molecule has 2 N–H and O–H groups in total. The first kappa shape index (κ1) is 19.9. The van der Waals surface area contributed by atoms with E-state index in [9.17, 15) is 14.4 Å². The minimum atomic E-state index is -0.858. The van der Waals surface area contributed by atoms with Crippen molar-refractivity contribution in [2.45, 2.75) is 83.8 Å². The van der Waals surface area contributed by atoms with Gasteiger partial charge in [0.15, 0.2) is 6.10 Å². The van der Waals surface area contributed by atoms with Crippen molar-refractivity contribution >= 4 is 34.1 Å². The predicted octanol–water partition coefficient (Wildman–Crippen LogP) is 3.58. The number of amides is 2. The van der Waals surface area contributed by atoms with Crippen LogP contribution in [-0.4, -0.2) is 29.9 Å². The smallest absolute Gasteiger partial charge is 0.342 e. The fourth-order valence-electron chi connectivity index (χ4n) is 3.87. The molecular weight excluding hydrogens is 364 g/mol. The van der Waals surface area contributed by atoms with E-state index in [1.165, 1.54) is 24.7 Å². The first-order valence-electron chi connectivity index (χ1n) is 9.89. The number of thiophene rings is 1. The highest BCUT2D eigenvalue weighted by Gasteiger charge is 2.29. The summed E-state index contributed by atoms with van der Waals surface area (Å²) in [6, 6.07) is 0.177. The van der Waals surface area contributed by atoms with Gasteiger partial charge < -0.3 is 15.4 Å². The molecule has 0 aliphatic heterocycles. The maximum Gasteiger partial charge on any atom is 0.342 e. The molecule has 2 aliphatic carbocycles. The van der Waals surface area contributed by atoms with Gasteiger partial charge in [-0.15, -0.1) is 11.3 Å². The molecule has 0 bridgehead atoms. The molecule has 1 heterocycles. The molecule has 0 unspecified atom stereocenters. The first-order valence-corrected chi connectivity index (χ1v) is 10.7. The molecule has 3 rings (SSSR count). The lowest BCUT2D eigenvalue weighted by Gasteiger charge is -2.24. The van der Waals surface area contributed by atoms with Crippen LogP contribution in [0, 0.1) is 0 Å². The standard InChI is InChI=1S/C20H28N2O4S/c1-12(18(24)22-14-8-4-3-5-9-14)26-20(25)17-15-10-6-7-11-16(15)27-19(17)21-13(2)23/h12,14H,3-11H2,1-2H3,(H,21,23)(H,22,24)/t12-/m0/s1. The monoisotopic (exact) mass is 392 g/mol. The molecule has 0 radical (unpaired) electrons. The maximum absolute atomic E-state index is 12.8. The highest BCUT2D eigenvalue weighted by atomic mass is 32.1. The van der Waals surface area contributed by atoms with E-state index >= 15 is 0 Å². The number of esters is 1. The van der Waals surface area contributed by atoms with E-state index in [2.05, 4.69) is 10.6 Å². The maximum atomic E-state index is 12.8. The second kappa shape index (κ2) is 8.87. The van der Waals surface area contributed by atoms with Crippen LogP contribution in [0.2, 0.25) is 0 Å². The highest BCUT2D eigenvalue weighted by Crippen LogP contribution is 2.38. The summed E-state index contributed by atoms with van der Waals surface area (Å²) in [5.41, 5.74) is 1.40. The molecule has 0 spiro atoms. The average Bonchev–Trinajstić information content (AvgIpc) is 2.99. The number of hydrogen-bond donors (Lipinski definition) is 2. The Morgan fingerprint density at radius 2 is 1.78 bits per heavy atom. The summed E-state index contributed by atoms with van der Waals surface area (Å²) in [5.74, 6) is -0.990. The van der Waals surface area contributed by atoms with Crippen LogP contribution >= 0.6 is 11.3 Å². The zero-order valence-electron chi connectivity index (χ0n) is 16.1. The molecule has 1 atom stereocenters. The summed E-state index contributed by atoms with van der Waals surface area (Å²) in [6.45, 7) is 3.03. The molecule has 1 aromatic heterocycles. The highest BCUT2D eigenvalue weighted by molar-refractivity contribution is 7.17. The second-order valence-electron chi connectivity index (χ2n) is 7.49. The Morgan fingerprint density at radius 1 is 1.07 bits per heavy atom. The quantitative estimate of drug-likeness (QED) is 0.750. The van der Waals surface area contributed by atoms with Crippen LogP contribution < -0.4 is 10.6 Å². The van der Waals surface area contributed by atoms with Gasteiger partial charge in [-0.1, -0.05) is 19.3 Å². The zero-order chi connectivity index (χ0) is 19.4. The summed E-state index contributed by atoms with van der Waals surface area (Å²) in [7, 11) is 0. The SMILES string of the molecule is CC(=O)Nc1sc2c(c1C(=O)O[C@@H](C)C(=O)NC1CCCCC1)CCCC2. The number of anilines is 1. The van der Waals surface area contributed by atoms with Gasteiger partial charge >= 0.3 is 5.97 Å². The molecule has 6 nitrogen and oxygen atoms in total. The van der Waals surface area contributed by atoms with Crippen molar-refractivity contribution in [1.82, 2.24) is 5.32 Å². The third-order valence-corrected chi connectivity index (χ3v) is 6.48. The van der Waals surface area contributed by atoms with E-state index in [0.717, 1.165) is 61.8 Å². The molecule has 7 heteroatoms. The summed E-state index contributed by atoms with van der Waals surface area (Å²) in [4.78, 5) is 37.9. The summed E-state index contributed by atoms with van der Waals surface area (Å²) < 4.78 is 5.49. The molecule has 27 heavy (non-hydrogen) atoms. The van der Waals surface area contributed by atoms with Crippen LogP contribution in [0.15, 0.2) is 0 Å². The molecule has 2 aliphatic rings. The van der Waals surface area contributed by atoms with Crippen LogP contribution in [0.3, 0.4) is 0 Å². The van der Waals surface area contributed by atoms with Crippen molar-refractivity contribution < 1.29 is 19.1 Å². The number of rotatable bonds is 5. The normalized spacial score (nSPS) is 18.3. The van der Waals surface area contributed by atoms with Crippen LogP contribution in [0.4, 0.5) is 5.00 Å². The van der Waals surface area contributed by atoms with Crippen LogP contribution in [0.5, 0.6) is 0 Å². The van der Waals surface area contributed by atoms with Crippen molar-refractivity contribution in [1.29, 1.82) is 0 Å². The van der Waals surface area contributed by atoms with E-state index in [4.69, 9.17) is 4.74 Å². The Hall–Kier alpha value is -1.89. The van der Waals surface area contributed by atoms with Crippen molar-refractivity contribution in [2.75, 3.05) is 5.32 Å². The van der Waals surface area contributed by atoms with Crippen LogP contribution in [0.25, 0.3) is 0 Å². The topological polar surface area (TPSA) is 84.5 Å². The third kappa shape index (κ3) is 4.89. The number of fused-ring (bicyclic) bond motifs is 1. The van der Waals surface area contributed by atoms with Gasteiger partial charge in [0.05, 0.1) is 5.56 Å². The third-order valence-electron chi connectivity index (χ3n) is 5.27. The second-order valence-corrected chi connectivity index (χ2v) is 8.59. The largest absolute Gasteiger partial charge is 0.449 e. The van der Waals surface area contributed by atoms with Crippen molar-refractivity contribution in [3.05, 3.63) is 16.0 Å². The molecule has 0 aromatic carbocycles. The Balaban J connectivity index is 1.70. The number of ether oxygens (including phenoxy) is 1. The van der Waals surface area contributed by atoms with Crippen LogP contribution in [0.1, 0.15) is 79.6 Å². The fourth-order valence-corrected chi connectivity index (χ4v) is 5.19. The Labute approximate surface area is 164 Å². The van der Waals surface area contributed by atoms with E-state index in [0.29, 0.717) is 10.6 Å². The Bertz CT molecular complexity index is 722. The lowest BCUT2D eigenvalue weighted by molar-refractivity contribution is -0.130. The number of carbonyl (C=O) groups excluding carboxylic acids is 3. The predicted molar refractivity (Wildman–Crippen MR) is 105 cm³/mol. The average molecular weight is 393 g/mol. The minimum absolute atomic E-state index is 0.177. The minimum Gasteiger partial charge on any atom is -0.449 e. The van der Waals surface area contributed by atoms with E-state index in [1.54, 1.807) is 6.92 Å². The van der Waals surface area contributed by atoms with E-state index in [-0.39, 0.29) is 17.9 Å². The molecule has 148 valence electrons. The van der Waals surface area contributed by atoms with Gasteiger partial charge in [0.2, 0.25) is 5.91 Å². The van der Waals surface area contributed by atoms with Gasteiger partial charge in [-0.05, 0) is 51.0 Å². The number of nitrogens with one attached hydrogen (secondary N) is 2. The first-order chi connectivity index (χ1) is 13.0. The van der Waals surface area contributed by atoms with Gasteiger partial charge in [0.1, 0.15) is 5.00 Å². The zero-order valence-corrected chi connectivity index (χ0v) is 16.9.